The first-order chi connectivity index (χ1) is 12.4. The maximum atomic E-state index is 12.4. The van der Waals surface area contributed by atoms with Crippen LogP contribution in [0.25, 0.3) is 16.7 Å². The molecule has 8 heteroatoms. The number of pyridine rings is 1. The summed E-state index contributed by atoms with van der Waals surface area (Å²) in [5.41, 5.74) is 1.53. The summed E-state index contributed by atoms with van der Waals surface area (Å²) in [4.78, 5) is 28.1. The number of amides is 1. The van der Waals surface area contributed by atoms with Crippen LogP contribution < -0.4 is 5.32 Å². The van der Waals surface area contributed by atoms with Crippen molar-refractivity contribution in [2.45, 2.75) is 26.0 Å². The van der Waals surface area contributed by atoms with Gasteiger partial charge in [0.1, 0.15) is 0 Å². The first kappa shape index (κ1) is 17.6. The van der Waals surface area contributed by atoms with Gasteiger partial charge in [0.05, 0.1) is 29.1 Å². The molecular weight excluding hydrogens is 336 g/mol. The minimum absolute atomic E-state index is 0.215. The SMILES string of the molecule is Cc1c(C(=O)NC(C(=O)O)C(C)O)cnn1-c1ccc2ccccc2n1. The Bertz CT molecular complexity index is 980. The van der Waals surface area contributed by atoms with E-state index >= 15 is 0 Å². The van der Waals surface area contributed by atoms with Crippen molar-refractivity contribution in [3.63, 3.8) is 0 Å². The summed E-state index contributed by atoms with van der Waals surface area (Å²) in [6.07, 6.45) is 0.122. The zero-order valence-corrected chi connectivity index (χ0v) is 14.2. The van der Waals surface area contributed by atoms with Crippen LogP contribution in [-0.4, -0.2) is 49.0 Å². The molecule has 0 aliphatic rings. The molecule has 1 aromatic carbocycles. The van der Waals surface area contributed by atoms with E-state index in [1.165, 1.54) is 17.8 Å². The van der Waals surface area contributed by atoms with Crippen LogP contribution in [0.1, 0.15) is 23.0 Å². The molecule has 0 aliphatic heterocycles. The van der Waals surface area contributed by atoms with Crippen LogP contribution in [0.2, 0.25) is 0 Å². The molecule has 2 atom stereocenters. The minimum Gasteiger partial charge on any atom is -0.480 e. The lowest BCUT2D eigenvalue weighted by atomic mass is 10.1. The molecule has 2 unspecified atom stereocenters. The van der Waals surface area contributed by atoms with E-state index < -0.39 is 24.0 Å². The fourth-order valence-electron chi connectivity index (χ4n) is 2.64. The number of carbonyl (C=O) groups excluding carboxylic acids is 1. The second kappa shape index (κ2) is 6.93. The van der Waals surface area contributed by atoms with E-state index in [1.54, 1.807) is 13.0 Å². The van der Waals surface area contributed by atoms with E-state index in [4.69, 9.17) is 5.11 Å². The molecule has 1 amide bonds. The number of fused-ring (bicyclic) bond motifs is 1. The second-order valence-corrected chi connectivity index (χ2v) is 5.95. The third-order valence-corrected chi connectivity index (χ3v) is 4.09. The maximum Gasteiger partial charge on any atom is 0.328 e. The quantitative estimate of drug-likeness (QED) is 0.636. The van der Waals surface area contributed by atoms with Gasteiger partial charge in [0, 0.05) is 5.39 Å². The highest BCUT2D eigenvalue weighted by Gasteiger charge is 2.27. The van der Waals surface area contributed by atoms with Gasteiger partial charge in [-0.3, -0.25) is 4.79 Å². The lowest BCUT2D eigenvalue weighted by Gasteiger charge is -2.16. The van der Waals surface area contributed by atoms with Crippen molar-refractivity contribution in [3.05, 3.63) is 53.9 Å². The number of carboxylic acids is 1. The number of aliphatic carboxylic acids is 1. The summed E-state index contributed by atoms with van der Waals surface area (Å²) < 4.78 is 1.51. The van der Waals surface area contributed by atoms with Crippen LogP contribution in [0.3, 0.4) is 0 Å². The number of aliphatic hydroxyl groups is 1. The van der Waals surface area contributed by atoms with Crippen LogP contribution in [0.15, 0.2) is 42.6 Å². The van der Waals surface area contributed by atoms with Crippen LogP contribution >= 0.6 is 0 Å². The van der Waals surface area contributed by atoms with Gasteiger partial charge in [-0.1, -0.05) is 18.2 Å². The predicted octanol–water partition coefficient (Wildman–Crippen LogP) is 1.29. The molecule has 3 N–H and O–H groups in total. The Morgan fingerprint density at radius 3 is 2.62 bits per heavy atom. The lowest BCUT2D eigenvalue weighted by molar-refractivity contribution is -0.141. The van der Waals surface area contributed by atoms with Gasteiger partial charge in [0.25, 0.3) is 5.91 Å². The number of aliphatic hydroxyl groups excluding tert-OH is 1. The monoisotopic (exact) mass is 354 g/mol. The third kappa shape index (κ3) is 3.27. The predicted molar refractivity (Wildman–Crippen MR) is 94.2 cm³/mol. The molecule has 0 fully saturated rings. The number of nitrogens with zero attached hydrogens (tertiary/aromatic N) is 3. The van der Waals surface area contributed by atoms with Gasteiger partial charge in [-0.15, -0.1) is 0 Å². The second-order valence-electron chi connectivity index (χ2n) is 5.95. The average molecular weight is 354 g/mol. The third-order valence-electron chi connectivity index (χ3n) is 4.09. The van der Waals surface area contributed by atoms with Gasteiger partial charge < -0.3 is 15.5 Å². The zero-order valence-electron chi connectivity index (χ0n) is 14.2. The molecule has 0 aliphatic carbocycles. The Labute approximate surface area is 149 Å². The largest absolute Gasteiger partial charge is 0.480 e. The van der Waals surface area contributed by atoms with Crippen molar-refractivity contribution in [1.82, 2.24) is 20.1 Å². The smallest absolute Gasteiger partial charge is 0.328 e. The fourth-order valence-corrected chi connectivity index (χ4v) is 2.64. The van der Waals surface area contributed by atoms with Gasteiger partial charge >= 0.3 is 5.97 Å². The van der Waals surface area contributed by atoms with E-state index in [0.717, 1.165) is 10.9 Å². The highest BCUT2D eigenvalue weighted by molar-refractivity contribution is 5.97. The van der Waals surface area contributed by atoms with E-state index in [1.807, 2.05) is 30.3 Å². The molecule has 0 saturated heterocycles. The highest BCUT2D eigenvalue weighted by atomic mass is 16.4. The zero-order chi connectivity index (χ0) is 18.8. The van der Waals surface area contributed by atoms with Gasteiger partial charge in [0.15, 0.2) is 11.9 Å². The van der Waals surface area contributed by atoms with E-state index in [0.29, 0.717) is 11.5 Å². The first-order valence-electron chi connectivity index (χ1n) is 8.01. The van der Waals surface area contributed by atoms with Crippen molar-refractivity contribution < 1.29 is 19.8 Å². The van der Waals surface area contributed by atoms with Crippen LogP contribution in [0.5, 0.6) is 0 Å². The average Bonchev–Trinajstić information content (AvgIpc) is 3.00. The van der Waals surface area contributed by atoms with E-state index in [9.17, 15) is 14.7 Å². The summed E-state index contributed by atoms with van der Waals surface area (Å²) in [7, 11) is 0. The molecule has 26 heavy (non-hydrogen) atoms. The molecule has 8 nitrogen and oxygen atoms in total. The fraction of sp³-hybridized carbons (Fsp3) is 0.222. The van der Waals surface area contributed by atoms with Crippen LogP contribution in [0.4, 0.5) is 0 Å². The van der Waals surface area contributed by atoms with Gasteiger partial charge in [-0.25, -0.2) is 14.5 Å². The number of nitrogens with one attached hydrogen (secondary N) is 1. The topological polar surface area (TPSA) is 117 Å². The number of para-hydroxylation sites is 1. The molecular formula is C18H18N4O4. The molecule has 0 spiro atoms. The standard InChI is InChI=1S/C18H18N4O4/c1-10-13(17(24)21-16(11(2)23)18(25)26)9-19-22(10)15-8-7-12-5-3-4-6-14(12)20-15/h3-9,11,16,23H,1-2H3,(H,21,24)(H,25,26). The Hall–Kier alpha value is -3.26. The Kier molecular flexibility index (Phi) is 4.68. The number of carbonyl (C=O) groups is 2. The molecule has 2 aromatic heterocycles. The van der Waals surface area contributed by atoms with Crippen molar-refractivity contribution in [3.8, 4) is 5.82 Å². The van der Waals surface area contributed by atoms with E-state index in [-0.39, 0.29) is 5.56 Å². The number of hydrogen-bond acceptors (Lipinski definition) is 5. The van der Waals surface area contributed by atoms with Gasteiger partial charge in [-0.05, 0) is 32.0 Å². The van der Waals surface area contributed by atoms with Crippen molar-refractivity contribution >= 4 is 22.8 Å². The summed E-state index contributed by atoms with van der Waals surface area (Å²) in [5.74, 6) is -1.39. The summed E-state index contributed by atoms with van der Waals surface area (Å²) >= 11 is 0. The van der Waals surface area contributed by atoms with Crippen LogP contribution in [-0.2, 0) is 4.79 Å². The molecule has 2 heterocycles. The number of rotatable bonds is 5. The van der Waals surface area contributed by atoms with Crippen molar-refractivity contribution in [1.29, 1.82) is 0 Å². The number of hydrogen-bond donors (Lipinski definition) is 3. The number of aromatic nitrogens is 3. The summed E-state index contributed by atoms with van der Waals surface area (Å²) in [5, 5.41) is 26.1. The number of benzene rings is 1. The first-order valence-corrected chi connectivity index (χ1v) is 8.01. The molecule has 0 saturated carbocycles. The highest BCUT2D eigenvalue weighted by Crippen LogP contribution is 2.17. The number of carboxylic acid groups (broad SMARTS) is 1. The molecule has 0 bridgehead atoms. The van der Waals surface area contributed by atoms with Crippen molar-refractivity contribution in [2.24, 2.45) is 0 Å². The van der Waals surface area contributed by atoms with E-state index in [2.05, 4.69) is 15.4 Å². The molecule has 0 radical (unpaired) electrons. The van der Waals surface area contributed by atoms with Gasteiger partial charge in [-0.2, -0.15) is 5.10 Å². The molecule has 3 rings (SSSR count). The molecule has 134 valence electrons. The molecule has 3 aromatic rings. The van der Waals surface area contributed by atoms with Crippen LogP contribution in [0, 0.1) is 6.92 Å². The Balaban J connectivity index is 1.91. The minimum atomic E-state index is -1.40. The Morgan fingerprint density at radius 2 is 1.92 bits per heavy atom. The Morgan fingerprint density at radius 1 is 1.19 bits per heavy atom. The van der Waals surface area contributed by atoms with Crippen molar-refractivity contribution in [2.75, 3.05) is 0 Å². The lowest BCUT2D eigenvalue weighted by Crippen LogP contribution is -2.47. The normalized spacial score (nSPS) is 13.3. The van der Waals surface area contributed by atoms with Gasteiger partial charge in [0.2, 0.25) is 0 Å². The summed E-state index contributed by atoms with van der Waals surface area (Å²) in [6.45, 7) is 2.99. The maximum absolute atomic E-state index is 12.4. The summed E-state index contributed by atoms with van der Waals surface area (Å²) in [6, 6.07) is 9.94.